The van der Waals surface area contributed by atoms with E-state index in [9.17, 15) is 4.79 Å². The molecule has 0 spiro atoms. The standard InChI is InChI=1S/C29H22BrN3O2/c1-20-11-13-21(14-12-20)19-35-27-16-15-22(17-25(27)30)18-31-33-28(23-7-3-2-4-8-23)32-26-10-6-5-9-24(26)29(33)34/h2-18H,19H2,1H3. The number of aromatic nitrogens is 2. The lowest BCUT2D eigenvalue weighted by atomic mass is 10.2. The fourth-order valence-corrected chi connectivity index (χ4v) is 4.20. The van der Waals surface area contributed by atoms with E-state index in [0.29, 0.717) is 23.3 Å². The van der Waals surface area contributed by atoms with Crippen molar-refractivity contribution in [3.05, 3.63) is 129 Å². The summed E-state index contributed by atoms with van der Waals surface area (Å²) in [6, 6.07) is 30.9. The Balaban J connectivity index is 1.45. The van der Waals surface area contributed by atoms with Crippen LogP contribution >= 0.6 is 15.9 Å². The molecule has 0 aliphatic rings. The van der Waals surface area contributed by atoms with Crippen molar-refractivity contribution in [2.45, 2.75) is 13.5 Å². The van der Waals surface area contributed by atoms with Gasteiger partial charge in [-0.1, -0.05) is 72.3 Å². The second-order valence-electron chi connectivity index (χ2n) is 8.14. The maximum atomic E-state index is 13.3. The van der Waals surface area contributed by atoms with Crippen molar-refractivity contribution in [1.82, 2.24) is 9.66 Å². The first-order chi connectivity index (χ1) is 17.1. The van der Waals surface area contributed by atoms with Crippen molar-refractivity contribution in [3.8, 4) is 17.1 Å². The first-order valence-electron chi connectivity index (χ1n) is 11.2. The van der Waals surface area contributed by atoms with Gasteiger partial charge >= 0.3 is 0 Å². The Kier molecular flexibility index (Phi) is 6.55. The molecule has 1 aromatic heterocycles. The summed E-state index contributed by atoms with van der Waals surface area (Å²) in [6.07, 6.45) is 1.65. The van der Waals surface area contributed by atoms with Crippen LogP contribution in [-0.4, -0.2) is 15.9 Å². The maximum absolute atomic E-state index is 13.3. The highest BCUT2D eigenvalue weighted by molar-refractivity contribution is 9.10. The highest BCUT2D eigenvalue weighted by atomic mass is 79.9. The van der Waals surface area contributed by atoms with Gasteiger partial charge in [-0.05, 0) is 64.3 Å². The zero-order valence-electron chi connectivity index (χ0n) is 19.1. The molecule has 0 saturated carbocycles. The molecule has 0 unspecified atom stereocenters. The van der Waals surface area contributed by atoms with Crippen molar-refractivity contribution in [1.29, 1.82) is 0 Å². The fourth-order valence-electron chi connectivity index (χ4n) is 3.69. The third kappa shape index (κ3) is 5.08. The van der Waals surface area contributed by atoms with Crippen molar-refractivity contribution >= 4 is 33.0 Å². The van der Waals surface area contributed by atoms with E-state index >= 15 is 0 Å². The van der Waals surface area contributed by atoms with Gasteiger partial charge in [0.25, 0.3) is 5.56 Å². The predicted molar refractivity (Wildman–Crippen MR) is 144 cm³/mol. The number of hydrogen-bond donors (Lipinski definition) is 0. The maximum Gasteiger partial charge on any atom is 0.282 e. The molecule has 0 atom stereocenters. The van der Waals surface area contributed by atoms with E-state index < -0.39 is 0 Å². The van der Waals surface area contributed by atoms with Gasteiger partial charge in [0.2, 0.25) is 0 Å². The molecule has 0 aliphatic heterocycles. The summed E-state index contributed by atoms with van der Waals surface area (Å²) in [5.41, 5.74) is 4.37. The highest BCUT2D eigenvalue weighted by Crippen LogP contribution is 2.26. The van der Waals surface area contributed by atoms with Crippen molar-refractivity contribution in [2.24, 2.45) is 5.10 Å². The molecular weight excluding hydrogens is 502 g/mol. The van der Waals surface area contributed by atoms with Gasteiger partial charge in [-0.3, -0.25) is 4.79 Å². The first kappa shape index (κ1) is 22.7. The molecule has 6 heteroatoms. The molecule has 35 heavy (non-hydrogen) atoms. The van der Waals surface area contributed by atoms with E-state index in [0.717, 1.165) is 26.9 Å². The number of aryl methyl sites for hydroxylation is 1. The van der Waals surface area contributed by atoms with E-state index in [1.165, 1.54) is 10.2 Å². The van der Waals surface area contributed by atoms with Crippen molar-refractivity contribution in [3.63, 3.8) is 0 Å². The first-order valence-corrected chi connectivity index (χ1v) is 12.0. The third-order valence-electron chi connectivity index (χ3n) is 5.58. The monoisotopic (exact) mass is 523 g/mol. The number of fused-ring (bicyclic) bond motifs is 1. The molecule has 1 heterocycles. The van der Waals surface area contributed by atoms with E-state index in [2.05, 4.69) is 52.2 Å². The van der Waals surface area contributed by atoms with Gasteiger partial charge in [0.15, 0.2) is 5.82 Å². The van der Waals surface area contributed by atoms with Crippen LogP contribution in [0.5, 0.6) is 5.75 Å². The van der Waals surface area contributed by atoms with Crippen LogP contribution in [0.25, 0.3) is 22.3 Å². The van der Waals surface area contributed by atoms with Crippen LogP contribution in [0.3, 0.4) is 0 Å². The SMILES string of the molecule is Cc1ccc(COc2ccc(C=Nn3c(-c4ccccc4)nc4ccccc4c3=O)cc2Br)cc1. The van der Waals surface area contributed by atoms with Gasteiger partial charge in [0.05, 0.1) is 21.6 Å². The smallest absolute Gasteiger partial charge is 0.282 e. The summed E-state index contributed by atoms with van der Waals surface area (Å²) in [5.74, 6) is 1.22. The van der Waals surface area contributed by atoms with Gasteiger partial charge in [-0.2, -0.15) is 9.78 Å². The molecule has 0 radical (unpaired) electrons. The topological polar surface area (TPSA) is 56.5 Å². The van der Waals surface area contributed by atoms with Crippen molar-refractivity contribution in [2.75, 3.05) is 0 Å². The van der Waals surface area contributed by atoms with Gasteiger partial charge in [-0.25, -0.2) is 4.98 Å². The Morgan fingerprint density at radius 3 is 2.46 bits per heavy atom. The van der Waals surface area contributed by atoms with E-state index in [-0.39, 0.29) is 5.56 Å². The Morgan fingerprint density at radius 1 is 0.943 bits per heavy atom. The lowest BCUT2D eigenvalue weighted by Gasteiger charge is -2.10. The lowest BCUT2D eigenvalue weighted by molar-refractivity contribution is 0.304. The van der Waals surface area contributed by atoms with Crippen LogP contribution < -0.4 is 10.3 Å². The van der Waals surface area contributed by atoms with E-state index in [1.807, 2.05) is 66.7 Å². The molecule has 0 bridgehead atoms. The molecular formula is C29H22BrN3O2. The number of hydrogen-bond acceptors (Lipinski definition) is 4. The molecule has 5 aromatic rings. The predicted octanol–water partition coefficient (Wildman–Crippen LogP) is 6.60. The third-order valence-corrected chi connectivity index (χ3v) is 6.20. The Morgan fingerprint density at radius 2 is 1.69 bits per heavy atom. The van der Waals surface area contributed by atoms with Crippen molar-refractivity contribution < 1.29 is 4.74 Å². The number of rotatable bonds is 6. The number of nitrogens with zero attached hydrogens (tertiary/aromatic N) is 3. The molecule has 0 N–H and O–H groups in total. The van der Waals surface area contributed by atoms with Gasteiger partial charge in [0, 0.05) is 5.56 Å². The van der Waals surface area contributed by atoms with E-state index in [1.54, 1.807) is 12.3 Å². The normalized spacial score (nSPS) is 11.3. The van der Waals surface area contributed by atoms with Gasteiger partial charge in [-0.15, -0.1) is 0 Å². The second-order valence-corrected chi connectivity index (χ2v) is 9.00. The van der Waals surface area contributed by atoms with Gasteiger partial charge < -0.3 is 4.74 Å². The molecule has 5 nitrogen and oxygen atoms in total. The molecule has 5 rings (SSSR count). The number of para-hydroxylation sites is 1. The molecule has 0 fully saturated rings. The minimum absolute atomic E-state index is 0.220. The fraction of sp³-hybridized carbons (Fsp3) is 0.0690. The zero-order chi connectivity index (χ0) is 24.2. The number of ether oxygens (including phenoxy) is 1. The van der Waals surface area contributed by atoms with Crippen LogP contribution in [0.4, 0.5) is 0 Å². The molecule has 0 saturated heterocycles. The zero-order valence-corrected chi connectivity index (χ0v) is 20.6. The Hall–Kier alpha value is -4.03. The van der Waals surface area contributed by atoms with Crippen LogP contribution in [0, 0.1) is 6.92 Å². The quantitative estimate of drug-likeness (QED) is 0.235. The largest absolute Gasteiger partial charge is 0.488 e. The minimum Gasteiger partial charge on any atom is -0.488 e. The average molecular weight is 524 g/mol. The molecule has 172 valence electrons. The number of benzene rings is 4. The highest BCUT2D eigenvalue weighted by Gasteiger charge is 2.12. The minimum atomic E-state index is -0.220. The van der Waals surface area contributed by atoms with Crippen LogP contribution in [0.15, 0.2) is 111 Å². The molecule has 4 aromatic carbocycles. The van der Waals surface area contributed by atoms with Crippen LogP contribution in [0.2, 0.25) is 0 Å². The Bertz CT molecular complexity index is 1580. The van der Waals surface area contributed by atoms with Crippen LogP contribution in [-0.2, 0) is 6.61 Å². The Labute approximate surface area is 211 Å². The van der Waals surface area contributed by atoms with E-state index in [4.69, 9.17) is 9.72 Å². The summed E-state index contributed by atoms with van der Waals surface area (Å²) < 4.78 is 8.13. The summed E-state index contributed by atoms with van der Waals surface area (Å²) in [4.78, 5) is 18.0. The summed E-state index contributed by atoms with van der Waals surface area (Å²) >= 11 is 3.59. The number of halogens is 1. The van der Waals surface area contributed by atoms with Crippen LogP contribution in [0.1, 0.15) is 16.7 Å². The lowest BCUT2D eigenvalue weighted by Crippen LogP contribution is -2.20. The van der Waals surface area contributed by atoms with Gasteiger partial charge in [0.1, 0.15) is 12.4 Å². The summed E-state index contributed by atoms with van der Waals surface area (Å²) in [6.45, 7) is 2.54. The molecule has 0 amide bonds. The second kappa shape index (κ2) is 10.1. The average Bonchev–Trinajstić information content (AvgIpc) is 2.89. The molecule has 0 aliphatic carbocycles. The summed E-state index contributed by atoms with van der Waals surface area (Å²) in [7, 11) is 0. The summed E-state index contributed by atoms with van der Waals surface area (Å²) in [5, 5.41) is 5.05.